The summed E-state index contributed by atoms with van der Waals surface area (Å²) in [6.07, 6.45) is 4.32. The van der Waals surface area contributed by atoms with Gasteiger partial charge < -0.3 is 9.84 Å². The molecule has 1 fully saturated rings. The van der Waals surface area contributed by atoms with Gasteiger partial charge in [0.2, 0.25) is 0 Å². The lowest BCUT2D eigenvalue weighted by molar-refractivity contribution is 0.0540. The van der Waals surface area contributed by atoms with Crippen LogP contribution in [0.25, 0.3) is 0 Å². The van der Waals surface area contributed by atoms with Crippen LogP contribution < -0.4 is 4.74 Å². The summed E-state index contributed by atoms with van der Waals surface area (Å²) in [6, 6.07) is 12.4. The Bertz CT molecular complexity index is 752. The van der Waals surface area contributed by atoms with E-state index in [-0.39, 0.29) is 5.60 Å². The summed E-state index contributed by atoms with van der Waals surface area (Å²) >= 11 is 0. The minimum Gasteiger partial charge on any atom is -0.487 e. The zero-order valence-electron chi connectivity index (χ0n) is 15.7. The van der Waals surface area contributed by atoms with Gasteiger partial charge in [0.05, 0.1) is 11.8 Å². The van der Waals surface area contributed by atoms with Crippen LogP contribution in [-0.2, 0) is 13.0 Å². The van der Waals surface area contributed by atoms with Gasteiger partial charge in [-0.3, -0.25) is 9.88 Å². The highest BCUT2D eigenvalue weighted by atomic mass is 16.5. The average molecular weight is 352 g/mol. The first-order valence-electron chi connectivity index (χ1n) is 9.62. The molecule has 4 nitrogen and oxygen atoms in total. The molecule has 0 radical (unpaired) electrons. The molecule has 4 heteroatoms. The maximum absolute atomic E-state index is 10.6. The van der Waals surface area contributed by atoms with Gasteiger partial charge in [-0.25, -0.2) is 0 Å². The van der Waals surface area contributed by atoms with Gasteiger partial charge in [-0.1, -0.05) is 18.2 Å². The fourth-order valence-corrected chi connectivity index (χ4v) is 4.24. The van der Waals surface area contributed by atoms with Crippen LogP contribution in [0.2, 0.25) is 0 Å². The molecule has 2 aliphatic heterocycles. The number of hydrogen-bond donors (Lipinski definition) is 1. The van der Waals surface area contributed by atoms with Crippen molar-refractivity contribution >= 4 is 0 Å². The summed E-state index contributed by atoms with van der Waals surface area (Å²) in [7, 11) is 0. The topological polar surface area (TPSA) is 45.6 Å². The maximum atomic E-state index is 10.6. The molecule has 0 unspecified atom stereocenters. The standard InChI is InChI=1S/C22H28N2O2/c1-22(2)14-18-13-16(6-7-20(18)26-22)15-24-11-8-17(9-12-24)21(25)19-5-3-4-10-23-19/h3-7,10,13,17,21,25H,8-9,11-12,14-15H2,1-2H3/t21-/m1/s1. The summed E-state index contributed by atoms with van der Waals surface area (Å²) in [5.41, 5.74) is 3.40. The molecule has 1 aromatic carbocycles. The Hall–Kier alpha value is -1.91. The lowest BCUT2D eigenvalue weighted by atomic mass is 9.89. The lowest BCUT2D eigenvalue weighted by Gasteiger charge is -2.34. The quantitative estimate of drug-likeness (QED) is 0.910. The van der Waals surface area contributed by atoms with Crippen LogP contribution in [0.5, 0.6) is 5.75 Å². The first-order chi connectivity index (χ1) is 12.5. The molecular formula is C22H28N2O2. The Labute approximate surface area is 155 Å². The van der Waals surface area contributed by atoms with Crippen molar-refractivity contribution in [3.63, 3.8) is 0 Å². The van der Waals surface area contributed by atoms with E-state index in [0.717, 1.165) is 50.3 Å². The minimum atomic E-state index is -0.447. The number of hydrogen-bond acceptors (Lipinski definition) is 4. The third-order valence-corrected chi connectivity index (χ3v) is 5.60. The van der Waals surface area contributed by atoms with Crippen LogP contribution in [0.1, 0.15) is 49.6 Å². The molecule has 1 N–H and O–H groups in total. The van der Waals surface area contributed by atoms with Gasteiger partial charge in [0.1, 0.15) is 11.4 Å². The predicted octanol–water partition coefficient (Wildman–Crippen LogP) is 3.74. The van der Waals surface area contributed by atoms with Gasteiger partial charge in [-0.2, -0.15) is 0 Å². The first kappa shape index (κ1) is 17.5. The van der Waals surface area contributed by atoms with Crippen LogP contribution in [0, 0.1) is 5.92 Å². The van der Waals surface area contributed by atoms with E-state index in [1.807, 2.05) is 18.2 Å². The molecule has 0 saturated carbocycles. The highest BCUT2D eigenvalue weighted by Crippen LogP contribution is 2.36. The molecule has 1 aromatic heterocycles. The number of likely N-dealkylation sites (tertiary alicyclic amines) is 1. The molecule has 138 valence electrons. The van der Waals surface area contributed by atoms with Crippen molar-refractivity contribution in [2.45, 2.75) is 51.4 Å². The highest BCUT2D eigenvalue weighted by molar-refractivity contribution is 5.41. The van der Waals surface area contributed by atoms with Crippen molar-refractivity contribution in [2.75, 3.05) is 13.1 Å². The number of aliphatic hydroxyl groups is 1. The molecule has 1 atom stereocenters. The van der Waals surface area contributed by atoms with E-state index in [1.54, 1.807) is 6.20 Å². The van der Waals surface area contributed by atoms with Gasteiger partial charge in [-0.05, 0) is 75.0 Å². The van der Waals surface area contributed by atoms with Crippen LogP contribution in [0.15, 0.2) is 42.6 Å². The number of aromatic nitrogens is 1. The summed E-state index contributed by atoms with van der Waals surface area (Å²) in [6.45, 7) is 7.30. The minimum absolute atomic E-state index is 0.0824. The summed E-state index contributed by atoms with van der Waals surface area (Å²) in [5.74, 6) is 1.34. The van der Waals surface area contributed by atoms with E-state index in [4.69, 9.17) is 4.74 Å². The van der Waals surface area contributed by atoms with E-state index >= 15 is 0 Å². The lowest BCUT2D eigenvalue weighted by Crippen LogP contribution is -2.35. The van der Waals surface area contributed by atoms with E-state index < -0.39 is 6.10 Å². The Balaban J connectivity index is 1.33. The Morgan fingerprint density at radius 1 is 1.23 bits per heavy atom. The second-order valence-corrected chi connectivity index (χ2v) is 8.29. The van der Waals surface area contributed by atoms with Gasteiger partial charge >= 0.3 is 0 Å². The normalized spacial score (nSPS) is 21.2. The first-order valence-corrected chi connectivity index (χ1v) is 9.62. The smallest absolute Gasteiger partial charge is 0.123 e. The fraction of sp³-hybridized carbons (Fsp3) is 0.500. The van der Waals surface area contributed by atoms with E-state index in [1.165, 1.54) is 11.1 Å². The number of fused-ring (bicyclic) bond motifs is 1. The molecule has 0 aliphatic carbocycles. The van der Waals surface area contributed by atoms with Crippen molar-refractivity contribution in [1.29, 1.82) is 0 Å². The molecule has 0 bridgehead atoms. The zero-order valence-corrected chi connectivity index (χ0v) is 15.7. The molecule has 1 saturated heterocycles. The van der Waals surface area contributed by atoms with Crippen molar-refractivity contribution in [3.05, 3.63) is 59.4 Å². The predicted molar refractivity (Wildman–Crippen MR) is 102 cm³/mol. The second-order valence-electron chi connectivity index (χ2n) is 8.29. The maximum Gasteiger partial charge on any atom is 0.123 e. The van der Waals surface area contributed by atoms with Crippen molar-refractivity contribution in [2.24, 2.45) is 5.92 Å². The number of nitrogens with zero attached hydrogens (tertiary/aromatic N) is 2. The van der Waals surface area contributed by atoms with Gasteiger partial charge in [0, 0.05) is 19.2 Å². The van der Waals surface area contributed by atoms with Crippen LogP contribution in [0.3, 0.4) is 0 Å². The van der Waals surface area contributed by atoms with Crippen LogP contribution in [0.4, 0.5) is 0 Å². The largest absolute Gasteiger partial charge is 0.487 e. The molecule has 0 spiro atoms. The van der Waals surface area contributed by atoms with Gasteiger partial charge in [0.25, 0.3) is 0 Å². The summed E-state index contributed by atoms with van der Waals surface area (Å²) < 4.78 is 5.97. The SMILES string of the molecule is CC1(C)Cc2cc(CN3CCC([C@@H](O)c4ccccn4)CC3)ccc2O1. The van der Waals surface area contributed by atoms with Crippen molar-refractivity contribution < 1.29 is 9.84 Å². The second kappa shape index (κ2) is 7.01. The number of aliphatic hydroxyl groups excluding tert-OH is 1. The number of rotatable bonds is 4. The monoisotopic (exact) mass is 352 g/mol. The Morgan fingerprint density at radius 3 is 2.77 bits per heavy atom. The fourth-order valence-electron chi connectivity index (χ4n) is 4.24. The van der Waals surface area contributed by atoms with E-state index in [9.17, 15) is 5.11 Å². The molecule has 4 rings (SSSR count). The molecule has 26 heavy (non-hydrogen) atoms. The van der Waals surface area contributed by atoms with Crippen LogP contribution >= 0.6 is 0 Å². The summed E-state index contributed by atoms with van der Waals surface area (Å²) in [5, 5.41) is 10.6. The van der Waals surface area contributed by atoms with Crippen molar-refractivity contribution in [3.8, 4) is 5.75 Å². The molecule has 0 amide bonds. The molecule has 2 aromatic rings. The van der Waals surface area contributed by atoms with Crippen molar-refractivity contribution in [1.82, 2.24) is 9.88 Å². The molecule has 3 heterocycles. The van der Waals surface area contributed by atoms with E-state index in [2.05, 4.69) is 41.9 Å². The number of piperidine rings is 1. The Kier molecular flexibility index (Phi) is 4.72. The Morgan fingerprint density at radius 2 is 2.04 bits per heavy atom. The third kappa shape index (κ3) is 3.76. The summed E-state index contributed by atoms with van der Waals surface area (Å²) in [4.78, 5) is 6.80. The average Bonchev–Trinajstić information content (AvgIpc) is 2.95. The number of pyridine rings is 1. The molecule has 2 aliphatic rings. The number of benzene rings is 1. The van der Waals surface area contributed by atoms with Gasteiger partial charge in [0.15, 0.2) is 0 Å². The van der Waals surface area contributed by atoms with Gasteiger partial charge in [-0.15, -0.1) is 0 Å². The third-order valence-electron chi connectivity index (χ3n) is 5.60. The number of ether oxygens (including phenoxy) is 1. The van der Waals surface area contributed by atoms with E-state index in [0.29, 0.717) is 5.92 Å². The van der Waals surface area contributed by atoms with Crippen LogP contribution in [-0.4, -0.2) is 33.7 Å². The highest BCUT2D eigenvalue weighted by Gasteiger charge is 2.30. The molecular weight excluding hydrogens is 324 g/mol. The zero-order chi connectivity index (χ0) is 18.1.